The molecule has 0 aliphatic heterocycles. The summed E-state index contributed by atoms with van der Waals surface area (Å²) in [4.78, 5) is 22.3. The standard InChI is InChI=1S/C15H20N2O3/c18-14(19)10-12-5-2-6-13(9-12)17-15(20)16-8-7-11-3-1-4-11/h2,5-6,9,11H,1,3-4,7-8,10H2,(H,18,19)(H2,16,17,20). The van der Waals surface area contributed by atoms with Gasteiger partial charge in [-0.1, -0.05) is 31.4 Å². The first kappa shape index (κ1) is 14.4. The van der Waals surface area contributed by atoms with Crippen LogP contribution >= 0.6 is 0 Å². The van der Waals surface area contributed by atoms with Crippen LogP contribution in [0.1, 0.15) is 31.2 Å². The highest BCUT2D eigenvalue weighted by atomic mass is 16.4. The molecule has 0 unspecified atom stereocenters. The normalized spacial score (nSPS) is 14.4. The number of rotatable bonds is 6. The van der Waals surface area contributed by atoms with Crippen molar-refractivity contribution in [2.45, 2.75) is 32.1 Å². The molecule has 1 aromatic carbocycles. The maximum absolute atomic E-state index is 11.7. The van der Waals surface area contributed by atoms with Crippen LogP contribution in [0.4, 0.5) is 10.5 Å². The summed E-state index contributed by atoms with van der Waals surface area (Å²) in [6.45, 7) is 0.686. The summed E-state index contributed by atoms with van der Waals surface area (Å²) >= 11 is 0. The lowest BCUT2D eigenvalue weighted by Crippen LogP contribution is -2.31. The number of amides is 2. The van der Waals surface area contributed by atoms with Crippen molar-refractivity contribution in [1.82, 2.24) is 5.32 Å². The summed E-state index contributed by atoms with van der Waals surface area (Å²) in [7, 11) is 0. The van der Waals surface area contributed by atoms with Crippen LogP contribution in [0, 0.1) is 5.92 Å². The number of urea groups is 1. The fraction of sp³-hybridized carbons (Fsp3) is 0.467. The molecule has 0 bridgehead atoms. The average Bonchev–Trinajstić information content (AvgIpc) is 2.32. The monoisotopic (exact) mass is 276 g/mol. The van der Waals surface area contributed by atoms with E-state index >= 15 is 0 Å². The number of aliphatic carboxylic acids is 1. The van der Waals surface area contributed by atoms with Crippen molar-refractivity contribution in [3.63, 3.8) is 0 Å². The third-order valence-electron chi connectivity index (χ3n) is 3.60. The van der Waals surface area contributed by atoms with Gasteiger partial charge < -0.3 is 15.7 Å². The second-order valence-electron chi connectivity index (χ2n) is 5.24. The Balaban J connectivity index is 1.76. The number of carboxylic acids is 1. The lowest BCUT2D eigenvalue weighted by atomic mass is 9.83. The van der Waals surface area contributed by atoms with Crippen LogP contribution < -0.4 is 10.6 Å². The van der Waals surface area contributed by atoms with Crippen LogP contribution in [-0.2, 0) is 11.2 Å². The lowest BCUT2D eigenvalue weighted by molar-refractivity contribution is -0.136. The van der Waals surface area contributed by atoms with Crippen molar-refractivity contribution >= 4 is 17.7 Å². The first-order valence-corrected chi connectivity index (χ1v) is 6.99. The second-order valence-corrected chi connectivity index (χ2v) is 5.24. The molecule has 5 nitrogen and oxygen atoms in total. The van der Waals surface area contributed by atoms with Gasteiger partial charge in [0.05, 0.1) is 6.42 Å². The topological polar surface area (TPSA) is 78.4 Å². The Labute approximate surface area is 118 Å². The molecule has 1 fully saturated rings. The molecule has 108 valence electrons. The summed E-state index contributed by atoms with van der Waals surface area (Å²) in [6.07, 6.45) is 4.86. The first-order valence-electron chi connectivity index (χ1n) is 6.99. The predicted molar refractivity (Wildman–Crippen MR) is 76.8 cm³/mol. The van der Waals surface area contributed by atoms with Gasteiger partial charge in [0.2, 0.25) is 0 Å². The Morgan fingerprint density at radius 1 is 1.30 bits per heavy atom. The third kappa shape index (κ3) is 4.57. The molecule has 1 aliphatic carbocycles. The highest BCUT2D eigenvalue weighted by Gasteiger charge is 2.16. The minimum Gasteiger partial charge on any atom is -0.481 e. The molecule has 5 heteroatoms. The molecule has 0 heterocycles. The molecule has 1 aliphatic rings. The van der Waals surface area contributed by atoms with Crippen LogP contribution in [0.2, 0.25) is 0 Å². The van der Waals surface area contributed by atoms with Gasteiger partial charge in [0.1, 0.15) is 0 Å². The molecular formula is C15H20N2O3. The average molecular weight is 276 g/mol. The van der Waals surface area contributed by atoms with Gasteiger partial charge in [0, 0.05) is 12.2 Å². The largest absolute Gasteiger partial charge is 0.481 e. The van der Waals surface area contributed by atoms with E-state index in [0.29, 0.717) is 17.8 Å². The molecular weight excluding hydrogens is 256 g/mol. The van der Waals surface area contributed by atoms with Gasteiger partial charge >= 0.3 is 12.0 Å². The summed E-state index contributed by atoms with van der Waals surface area (Å²) in [6, 6.07) is 6.66. The van der Waals surface area contributed by atoms with Gasteiger partial charge in [-0.3, -0.25) is 4.79 Å². The number of hydrogen-bond donors (Lipinski definition) is 3. The fourth-order valence-corrected chi connectivity index (χ4v) is 2.28. The van der Waals surface area contributed by atoms with Gasteiger partial charge in [-0.2, -0.15) is 0 Å². The number of nitrogens with one attached hydrogen (secondary N) is 2. The molecule has 2 rings (SSSR count). The first-order chi connectivity index (χ1) is 9.63. The second kappa shape index (κ2) is 6.93. The smallest absolute Gasteiger partial charge is 0.319 e. The fourth-order valence-electron chi connectivity index (χ4n) is 2.28. The van der Waals surface area contributed by atoms with Gasteiger partial charge in [-0.25, -0.2) is 4.79 Å². The van der Waals surface area contributed by atoms with E-state index in [2.05, 4.69) is 10.6 Å². The zero-order chi connectivity index (χ0) is 14.4. The van der Waals surface area contributed by atoms with Crippen molar-refractivity contribution in [2.75, 3.05) is 11.9 Å². The molecule has 1 saturated carbocycles. The summed E-state index contributed by atoms with van der Waals surface area (Å²) in [5.74, 6) is -0.110. The highest BCUT2D eigenvalue weighted by molar-refractivity contribution is 5.89. The summed E-state index contributed by atoms with van der Waals surface area (Å²) < 4.78 is 0. The maximum Gasteiger partial charge on any atom is 0.319 e. The van der Waals surface area contributed by atoms with E-state index in [4.69, 9.17) is 5.11 Å². The van der Waals surface area contributed by atoms with Gasteiger partial charge in [-0.15, -0.1) is 0 Å². The van der Waals surface area contributed by atoms with E-state index in [1.165, 1.54) is 19.3 Å². The van der Waals surface area contributed by atoms with Gasteiger partial charge in [0.15, 0.2) is 0 Å². The van der Waals surface area contributed by atoms with E-state index in [1.807, 2.05) is 0 Å². The number of anilines is 1. The van der Waals surface area contributed by atoms with E-state index in [0.717, 1.165) is 12.3 Å². The predicted octanol–water partition coefficient (Wildman–Crippen LogP) is 2.63. The van der Waals surface area contributed by atoms with Crippen molar-refractivity contribution < 1.29 is 14.7 Å². The molecule has 2 amide bonds. The number of carbonyl (C=O) groups is 2. The number of carbonyl (C=O) groups excluding carboxylic acids is 1. The minimum atomic E-state index is -0.882. The number of hydrogen-bond acceptors (Lipinski definition) is 2. The minimum absolute atomic E-state index is 0.0428. The molecule has 0 saturated heterocycles. The Bertz CT molecular complexity index is 484. The van der Waals surface area contributed by atoms with E-state index < -0.39 is 5.97 Å². The molecule has 0 spiro atoms. The van der Waals surface area contributed by atoms with Crippen LogP contribution in [0.25, 0.3) is 0 Å². The van der Waals surface area contributed by atoms with E-state index in [1.54, 1.807) is 24.3 Å². The van der Waals surface area contributed by atoms with Crippen LogP contribution in [0.15, 0.2) is 24.3 Å². The third-order valence-corrected chi connectivity index (χ3v) is 3.60. The lowest BCUT2D eigenvalue weighted by Gasteiger charge is -2.25. The van der Waals surface area contributed by atoms with Crippen molar-refractivity contribution in [3.8, 4) is 0 Å². The molecule has 0 atom stereocenters. The van der Waals surface area contributed by atoms with Gasteiger partial charge in [-0.05, 0) is 30.0 Å². The summed E-state index contributed by atoms with van der Waals surface area (Å²) in [5.41, 5.74) is 1.29. The van der Waals surface area contributed by atoms with Gasteiger partial charge in [0.25, 0.3) is 0 Å². The van der Waals surface area contributed by atoms with Crippen molar-refractivity contribution in [3.05, 3.63) is 29.8 Å². The van der Waals surface area contributed by atoms with Crippen LogP contribution in [0.3, 0.4) is 0 Å². The quantitative estimate of drug-likeness (QED) is 0.747. The SMILES string of the molecule is O=C(O)Cc1cccc(NC(=O)NCCC2CCC2)c1. The van der Waals surface area contributed by atoms with Crippen molar-refractivity contribution in [1.29, 1.82) is 0 Å². The highest BCUT2D eigenvalue weighted by Crippen LogP contribution is 2.28. The molecule has 20 heavy (non-hydrogen) atoms. The zero-order valence-corrected chi connectivity index (χ0v) is 11.4. The van der Waals surface area contributed by atoms with E-state index in [9.17, 15) is 9.59 Å². The van der Waals surface area contributed by atoms with Crippen LogP contribution in [-0.4, -0.2) is 23.7 Å². The van der Waals surface area contributed by atoms with Crippen molar-refractivity contribution in [2.24, 2.45) is 5.92 Å². The Hall–Kier alpha value is -2.04. The molecule has 1 aromatic rings. The van der Waals surface area contributed by atoms with Crippen LogP contribution in [0.5, 0.6) is 0 Å². The Kier molecular flexibility index (Phi) is 4.98. The summed E-state index contributed by atoms with van der Waals surface area (Å²) in [5, 5.41) is 14.3. The number of carboxylic acid groups (broad SMARTS) is 1. The van der Waals surface area contributed by atoms with E-state index in [-0.39, 0.29) is 12.5 Å². The maximum atomic E-state index is 11.7. The Morgan fingerprint density at radius 2 is 2.10 bits per heavy atom. The molecule has 0 radical (unpaired) electrons. The molecule has 0 aromatic heterocycles. The zero-order valence-electron chi connectivity index (χ0n) is 11.4. The number of benzene rings is 1. The Morgan fingerprint density at radius 3 is 2.75 bits per heavy atom. The molecule has 3 N–H and O–H groups in total.